The predicted octanol–water partition coefficient (Wildman–Crippen LogP) is 4.74. The first-order chi connectivity index (χ1) is 22.8. The maximum atomic E-state index is 14.1. The van der Waals surface area contributed by atoms with Crippen molar-refractivity contribution >= 4 is 28.2 Å². The second-order valence-electron chi connectivity index (χ2n) is 13.9. The van der Waals surface area contributed by atoms with Crippen molar-refractivity contribution in [2.45, 2.75) is 82.6 Å². The number of halogens is 1. The number of likely N-dealkylation sites (tertiary alicyclic amines) is 1. The van der Waals surface area contributed by atoms with Crippen LogP contribution in [0.3, 0.4) is 0 Å². The maximum absolute atomic E-state index is 14.1. The van der Waals surface area contributed by atoms with Crippen molar-refractivity contribution in [3.8, 4) is 6.07 Å². The fourth-order valence-corrected chi connectivity index (χ4v) is 8.56. The lowest BCUT2D eigenvalue weighted by molar-refractivity contribution is -0.128. The molecule has 2 atom stereocenters. The molecule has 47 heavy (non-hydrogen) atoms. The number of hydrogen-bond acceptors (Lipinski definition) is 7. The highest BCUT2D eigenvalue weighted by Crippen LogP contribution is 2.50. The molecule has 1 amide bonds. The average Bonchev–Trinajstić information content (AvgIpc) is 3.47. The number of alkyl halides is 1. The second-order valence-corrected chi connectivity index (χ2v) is 13.9. The summed E-state index contributed by atoms with van der Waals surface area (Å²) < 4.78 is 14.7. The molecule has 4 heterocycles. The molecule has 2 saturated heterocycles. The Bertz CT molecular complexity index is 1800. The van der Waals surface area contributed by atoms with Crippen LogP contribution in [0.4, 0.5) is 15.9 Å². The van der Waals surface area contributed by atoms with Crippen LogP contribution in [0.15, 0.2) is 53.3 Å². The minimum atomic E-state index is -0.714. The number of carbonyl (C=O) groups is 1. The number of rotatable bonds is 7. The van der Waals surface area contributed by atoms with Crippen LogP contribution in [0, 0.1) is 18.3 Å². The molecule has 1 aliphatic carbocycles. The third kappa shape index (κ3) is 5.58. The van der Waals surface area contributed by atoms with Gasteiger partial charge in [0.05, 0.1) is 25.1 Å². The lowest BCUT2D eigenvalue weighted by Gasteiger charge is -2.55. The molecule has 3 fully saturated rings. The number of fused-ring (bicyclic) bond motifs is 2. The van der Waals surface area contributed by atoms with Crippen molar-refractivity contribution in [1.29, 1.82) is 5.26 Å². The minimum Gasteiger partial charge on any atom is -0.359 e. The average molecular weight is 638 g/mol. The second kappa shape index (κ2) is 12.8. The fraction of sp³-hybridized carbons (Fsp3) is 0.514. The molecule has 3 aromatic rings. The van der Waals surface area contributed by atoms with Gasteiger partial charge in [-0.15, -0.1) is 0 Å². The van der Waals surface area contributed by atoms with E-state index in [1.165, 1.54) is 34.2 Å². The zero-order valence-corrected chi connectivity index (χ0v) is 27.5. The molecule has 10 heteroatoms. The summed E-state index contributed by atoms with van der Waals surface area (Å²) in [6, 6.07) is 15.2. The molecule has 9 nitrogen and oxygen atoms in total. The Morgan fingerprint density at radius 3 is 2.64 bits per heavy atom. The number of nitriles is 1. The third-order valence-corrected chi connectivity index (χ3v) is 11.2. The van der Waals surface area contributed by atoms with Gasteiger partial charge in [-0.1, -0.05) is 30.3 Å². The zero-order chi connectivity index (χ0) is 32.7. The van der Waals surface area contributed by atoms with Gasteiger partial charge >= 0.3 is 5.69 Å². The van der Waals surface area contributed by atoms with Gasteiger partial charge in [0.25, 0.3) is 0 Å². The molecule has 0 radical (unpaired) electrons. The number of amides is 1. The van der Waals surface area contributed by atoms with Crippen LogP contribution in [0.1, 0.15) is 55.3 Å². The van der Waals surface area contributed by atoms with E-state index in [1.807, 2.05) is 4.57 Å². The number of likely N-dealkylation sites (N-methyl/N-ethyl adjacent to an activating group) is 1. The van der Waals surface area contributed by atoms with Crippen LogP contribution in [0.2, 0.25) is 0 Å². The van der Waals surface area contributed by atoms with Crippen molar-refractivity contribution in [2.75, 3.05) is 49.7 Å². The van der Waals surface area contributed by atoms with Crippen molar-refractivity contribution in [1.82, 2.24) is 19.4 Å². The summed E-state index contributed by atoms with van der Waals surface area (Å²) in [7, 11) is 2.14. The number of nitrogens with zero attached hydrogens (tertiary/aromatic N) is 7. The number of anilines is 2. The summed E-state index contributed by atoms with van der Waals surface area (Å²) in [4.78, 5) is 40.6. The van der Waals surface area contributed by atoms with Crippen LogP contribution in [0.25, 0.3) is 10.8 Å². The molecule has 0 bridgehead atoms. The topological polar surface area (TPSA) is 88.7 Å². The highest BCUT2D eigenvalue weighted by molar-refractivity contribution is 5.97. The summed E-state index contributed by atoms with van der Waals surface area (Å²) in [5, 5.41) is 12.1. The SMILES string of the molecule is Cc1cccc2cccc(N3Cc4c(c(N5CCN(C(=O)/C=C/CF)[C@@H](CC#N)C5)nc(=O)n4C[C@@H]4CCCN4C)CC34CCC4)c12. The molecule has 1 spiro atoms. The van der Waals surface area contributed by atoms with Crippen molar-refractivity contribution in [3.63, 3.8) is 0 Å². The predicted molar refractivity (Wildman–Crippen MR) is 182 cm³/mol. The summed E-state index contributed by atoms with van der Waals surface area (Å²) in [5.41, 5.74) is 4.32. The van der Waals surface area contributed by atoms with E-state index >= 15 is 0 Å². The number of aryl methyl sites for hydroxylation is 1. The summed E-state index contributed by atoms with van der Waals surface area (Å²) in [6.45, 7) is 5.00. The summed E-state index contributed by atoms with van der Waals surface area (Å²) >= 11 is 0. The Labute approximate surface area is 275 Å². The molecule has 1 aromatic heterocycles. The highest BCUT2D eigenvalue weighted by atomic mass is 19.1. The summed E-state index contributed by atoms with van der Waals surface area (Å²) in [5.74, 6) is 0.415. The van der Waals surface area contributed by atoms with Crippen LogP contribution in [0.5, 0.6) is 0 Å². The number of piperazine rings is 1. The molecular weight excluding hydrogens is 593 g/mol. The number of aromatic nitrogens is 2. The molecule has 0 N–H and O–H groups in total. The minimum absolute atomic E-state index is 0.0760. The normalized spacial score (nSPS) is 22.6. The van der Waals surface area contributed by atoms with Gasteiger partial charge in [-0.2, -0.15) is 10.2 Å². The standard InChI is InChI=1S/C37H44FN7O2/c1-26-8-3-9-27-10-4-12-31(34(26)27)45-25-32-30(22-37(45)15-7-16-37)35(40-36(47)44(32)24-28-11-6-19-41(28)2)42-20-21-43(29(23-42)14-18-39)33(46)13-5-17-38/h3-5,8-10,12-13,28-29H,6-7,11,14-17,19-25H2,1-2H3/b13-5+/t28-,29-/m0/s1. The van der Waals surface area contributed by atoms with Gasteiger partial charge in [-0.3, -0.25) is 9.36 Å². The Morgan fingerprint density at radius 2 is 1.94 bits per heavy atom. The van der Waals surface area contributed by atoms with Crippen LogP contribution in [-0.4, -0.2) is 82.8 Å². The van der Waals surface area contributed by atoms with Gasteiger partial charge in [-0.25, -0.2) is 9.18 Å². The van der Waals surface area contributed by atoms with Gasteiger partial charge in [-0.05, 0) is 75.7 Å². The lowest BCUT2D eigenvalue weighted by atomic mass is 9.68. The zero-order valence-electron chi connectivity index (χ0n) is 27.5. The number of carbonyl (C=O) groups excluding carboxylic acids is 1. The lowest BCUT2D eigenvalue weighted by Crippen LogP contribution is -2.60. The first-order valence-electron chi connectivity index (χ1n) is 17.1. The van der Waals surface area contributed by atoms with E-state index in [2.05, 4.69) is 71.1 Å². The van der Waals surface area contributed by atoms with Crippen LogP contribution < -0.4 is 15.5 Å². The van der Waals surface area contributed by atoms with E-state index < -0.39 is 6.67 Å². The molecule has 1 saturated carbocycles. The van der Waals surface area contributed by atoms with E-state index in [4.69, 9.17) is 4.98 Å². The van der Waals surface area contributed by atoms with E-state index in [9.17, 15) is 19.2 Å². The molecule has 4 aliphatic rings. The fourth-order valence-electron chi connectivity index (χ4n) is 8.56. The molecule has 0 unspecified atom stereocenters. The molecule has 3 aliphatic heterocycles. The Morgan fingerprint density at radius 1 is 1.13 bits per heavy atom. The van der Waals surface area contributed by atoms with Crippen LogP contribution >= 0.6 is 0 Å². The smallest absolute Gasteiger partial charge is 0.349 e. The van der Waals surface area contributed by atoms with Gasteiger partial charge in [0.1, 0.15) is 12.5 Å². The molecular formula is C37H44FN7O2. The van der Waals surface area contributed by atoms with Gasteiger partial charge in [0.2, 0.25) is 5.91 Å². The highest BCUT2D eigenvalue weighted by Gasteiger charge is 2.48. The molecule has 7 rings (SSSR count). The van der Waals surface area contributed by atoms with Crippen molar-refractivity contribution < 1.29 is 9.18 Å². The first kappa shape index (κ1) is 31.4. The number of benzene rings is 2. The third-order valence-electron chi connectivity index (χ3n) is 11.2. The van der Waals surface area contributed by atoms with Crippen molar-refractivity contribution in [2.24, 2.45) is 0 Å². The van der Waals surface area contributed by atoms with E-state index in [-0.39, 0.29) is 35.6 Å². The molecule has 2 aromatic carbocycles. The Hall–Kier alpha value is -4.23. The van der Waals surface area contributed by atoms with Gasteiger partial charge in [0, 0.05) is 72.6 Å². The number of allylic oxidation sites excluding steroid dienone is 1. The monoisotopic (exact) mass is 637 g/mol. The van der Waals surface area contributed by atoms with E-state index in [0.29, 0.717) is 38.5 Å². The Balaban J connectivity index is 1.33. The maximum Gasteiger partial charge on any atom is 0.349 e. The molecule has 246 valence electrons. The Kier molecular flexibility index (Phi) is 8.52. The van der Waals surface area contributed by atoms with Crippen LogP contribution in [-0.2, 0) is 24.3 Å². The summed E-state index contributed by atoms with van der Waals surface area (Å²) in [6.07, 6.45) is 8.87. The largest absolute Gasteiger partial charge is 0.359 e. The van der Waals surface area contributed by atoms with Gasteiger partial charge < -0.3 is 19.6 Å². The first-order valence-corrected chi connectivity index (χ1v) is 17.1. The van der Waals surface area contributed by atoms with E-state index in [1.54, 1.807) is 4.90 Å². The van der Waals surface area contributed by atoms with E-state index in [0.717, 1.165) is 56.3 Å². The number of hydrogen-bond donors (Lipinski definition) is 0. The van der Waals surface area contributed by atoms with Crippen molar-refractivity contribution in [3.05, 3.63) is 75.9 Å². The quantitative estimate of drug-likeness (QED) is 0.346. The van der Waals surface area contributed by atoms with Gasteiger partial charge in [0.15, 0.2) is 0 Å².